The first-order valence-electron chi connectivity index (χ1n) is 33.6. The van der Waals surface area contributed by atoms with E-state index in [9.17, 15) is 52.0 Å². The third-order valence-corrected chi connectivity index (χ3v) is 27.6. The molecule has 117 heavy (non-hydrogen) atoms. The number of pyridine rings is 4. The zero-order valence-electron chi connectivity index (χ0n) is 60.8. The summed E-state index contributed by atoms with van der Waals surface area (Å²) in [6.07, 6.45) is 39.8. The van der Waals surface area contributed by atoms with E-state index >= 15 is 0 Å². The first-order chi connectivity index (χ1) is 55.9. The van der Waals surface area contributed by atoms with Crippen LogP contribution in [0.2, 0.25) is 20.1 Å². The van der Waals surface area contributed by atoms with Gasteiger partial charge in [0.05, 0.1) is 52.5 Å². The zero-order chi connectivity index (χ0) is 83.6. The van der Waals surface area contributed by atoms with Crippen LogP contribution in [0.5, 0.6) is 0 Å². The van der Waals surface area contributed by atoms with E-state index in [1.807, 2.05) is 18.8 Å². The number of fused-ring (bicyclic) bond motifs is 4. The fraction of sp³-hybridized carbons (Fsp3) is 0.0921. The molecule has 1 N–H and O–H groups in total. The van der Waals surface area contributed by atoms with E-state index in [4.69, 9.17) is 46.4 Å². The van der Waals surface area contributed by atoms with Crippen LogP contribution in [0, 0.1) is 9.65 Å². The maximum Gasteiger partial charge on any atom is 0.294 e. The first-order valence-corrected chi connectivity index (χ1v) is 47.5. The minimum absolute atomic E-state index is 0.113. The lowest BCUT2D eigenvalue weighted by Gasteiger charge is -2.09. The average Bonchev–Trinajstić information content (AvgIpc) is 1.63. The summed E-state index contributed by atoms with van der Waals surface area (Å²) in [7, 11) is -18.8. The fourth-order valence-corrected chi connectivity index (χ4v) is 19.5. The monoisotopic (exact) mass is 1910 g/mol. The lowest BCUT2D eigenvalue weighted by molar-refractivity contribution is 0.112. The largest absolute Gasteiger partial charge is 0.383 e. The quantitative estimate of drug-likeness (QED) is 0.0258. The summed E-state index contributed by atoms with van der Waals surface area (Å²) in [5.41, 5.74) is 5.30. The summed E-state index contributed by atoms with van der Waals surface area (Å²) >= 11 is 30.6. The molecule has 0 saturated heterocycles. The van der Waals surface area contributed by atoms with Crippen LogP contribution in [0.4, 0.5) is 0 Å². The molecule has 41 heteroatoms. The van der Waals surface area contributed by atoms with Gasteiger partial charge in [-0.3, -0.25) is 4.79 Å². The fourth-order valence-electron chi connectivity index (χ4n) is 11.2. The Morgan fingerprint density at radius 2 is 0.812 bits per heavy atom. The zero-order valence-corrected chi connectivity index (χ0v) is 72.5. The number of aldehydes is 1. The van der Waals surface area contributed by atoms with Crippen molar-refractivity contribution in [3.63, 3.8) is 0 Å². The van der Waals surface area contributed by atoms with E-state index in [1.54, 1.807) is 128 Å². The van der Waals surface area contributed by atoms with E-state index in [0.29, 0.717) is 103 Å². The van der Waals surface area contributed by atoms with E-state index in [-0.39, 0.29) is 42.5 Å². The average molecular weight is 1910 g/mol. The minimum Gasteiger partial charge on any atom is -0.383 e. The van der Waals surface area contributed by atoms with Crippen LogP contribution in [0.15, 0.2) is 279 Å². The Balaban J connectivity index is 0.000000139. The first kappa shape index (κ1) is 86.5. The van der Waals surface area contributed by atoms with Gasteiger partial charge in [0.1, 0.15) is 18.3 Å². The standard InChI is InChI=1S/C19H15ClN4O4S2.C19H15ClN4O3S2.C19H15ClN4O2S2.C13H7ClIN2O2S.C6H6N2OS/c1-29(25,26)19-22-9-13(10-23-19)7-14-12-24(18-17(14)8-15(20)11-21-18)30(27,28)16-5-3-2-4-6-16;1-28-19-22-8-12(9-23-19)17(25)16-11-24(18-15(16)7-13(20)10-21-18)29(26,27)14-5-3-2-4-6-14;1-27-19-22-9-13(10-23-19)7-14-12-24(18-17(14)8-15(20)11-21-18)28(25,26)16-5-3-2-4-6-16;14-9-6-11-12(15)8-17(13(11)16-7-9)20(18,19)10-4-2-1-3-5-10;1-10-6-7-2-5(4-9)3-8-6/h2-6,8-12H,7H2,1H3;2-11,17,25H,1H3;2-6,8-12H,7H2,1H3;2-8H;2-4H,1H3/q;;;+1;. The van der Waals surface area contributed by atoms with Gasteiger partial charge in [0.2, 0.25) is 15.0 Å². The Morgan fingerprint density at radius 3 is 1.21 bits per heavy atom. The number of allylic oxidation sites excluding steroid dienone is 5. The summed E-state index contributed by atoms with van der Waals surface area (Å²) in [6, 6.07) is 31.0. The number of aromatic nitrogens is 16. The second kappa shape index (κ2) is 37.4. The topological polar surface area (TPSA) is 382 Å². The highest BCUT2D eigenvalue weighted by Crippen LogP contribution is 2.36. The predicted octanol–water partition coefficient (Wildman–Crippen LogP) is 14.6. The molecule has 1 atom stereocenters. The van der Waals surface area contributed by atoms with E-state index in [1.165, 1.54) is 154 Å². The molecule has 0 spiro atoms. The van der Waals surface area contributed by atoms with Gasteiger partial charge in [-0.2, -0.15) is 8.42 Å². The van der Waals surface area contributed by atoms with Gasteiger partial charge >= 0.3 is 0 Å². The number of hydrogen-bond acceptors (Lipinski definition) is 27. The summed E-state index contributed by atoms with van der Waals surface area (Å²) in [5.74, 6) is 0. The lowest BCUT2D eigenvalue weighted by Crippen LogP contribution is -2.14. The number of rotatable bonds is 19. The van der Waals surface area contributed by atoms with Crippen LogP contribution in [0.3, 0.4) is 0 Å². The molecule has 16 rings (SSSR count). The number of halogens is 5. The number of sulfone groups is 1. The maximum atomic E-state index is 13.2. The molecule has 1 aliphatic rings. The molecule has 28 nitrogen and oxygen atoms in total. The van der Waals surface area contributed by atoms with Gasteiger partial charge in [-0.1, -0.05) is 136 Å². The van der Waals surface area contributed by atoms with Crippen LogP contribution in [-0.4, -0.2) is 154 Å². The summed E-state index contributed by atoms with van der Waals surface area (Å²) < 4.78 is 133. The number of aliphatic hydroxyl groups is 1. The number of nitrogens with zero attached hydrogens (tertiary/aromatic N) is 16. The van der Waals surface area contributed by atoms with Crippen LogP contribution in [-0.2, 0) is 62.8 Å². The van der Waals surface area contributed by atoms with Gasteiger partial charge in [0.25, 0.3) is 40.1 Å². The summed E-state index contributed by atoms with van der Waals surface area (Å²) in [5, 5.41) is 16.6. The highest BCUT2D eigenvalue weighted by Gasteiger charge is 2.30. The van der Waals surface area contributed by atoms with Crippen LogP contribution < -0.4 is 0 Å². The Morgan fingerprint density at radius 1 is 0.453 bits per heavy atom. The lowest BCUT2D eigenvalue weighted by atomic mass is 10.0. The second-order valence-corrected chi connectivity index (χ2v) is 38.8. The van der Waals surface area contributed by atoms with Crippen molar-refractivity contribution in [3.05, 3.63) is 312 Å². The number of carbonyl (C=O) groups excluding carboxylic acids is 1. The molecule has 0 radical (unpaired) electrons. The molecule has 0 amide bonds. The molecular weight excluding hydrogens is 1850 g/mol. The van der Waals surface area contributed by atoms with Gasteiger partial charge < -0.3 is 5.11 Å². The van der Waals surface area contributed by atoms with Crippen LogP contribution in [0.1, 0.15) is 49.8 Å². The number of carbonyl (C=O) groups is 1. The molecule has 15 aromatic rings. The summed E-state index contributed by atoms with van der Waals surface area (Å²) in [4.78, 5) is 60.0. The van der Waals surface area contributed by atoms with E-state index in [2.05, 4.69) is 88.5 Å². The molecule has 0 saturated carbocycles. The number of thioether (sulfide) groups is 3. The number of aliphatic hydroxyl groups excluding tert-OH is 1. The smallest absolute Gasteiger partial charge is 0.294 e. The van der Waals surface area contributed by atoms with Gasteiger partial charge in [-0.15, -0.1) is 0 Å². The second-order valence-electron chi connectivity index (χ2n) is 24.5. The highest BCUT2D eigenvalue weighted by molar-refractivity contribution is 14.1. The maximum absolute atomic E-state index is 13.2. The molecule has 0 aliphatic heterocycles. The van der Waals surface area contributed by atoms with Gasteiger partial charge in [0, 0.05) is 161 Å². The highest BCUT2D eigenvalue weighted by atomic mass is 127. The van der Waals surface area contributed by atoms with Crippen molar-refractivity contribution in [1.82, 2.24) is 75.7 Å². The van der Waals surface area contributed by atoms with Crippen molar-refractivity contribution >= 4 is 205 Å². The van der Waals surface area contributed by atoms with Crippen LogP contribution in [0.25, 0.3) is 44.1 Å². The molecule has 1 unspecified atom stereocenters. The van der Waals surface area contributed by atoms with E-state index < -0.39 is 56.0 Å². The van der Waals surface area contributed by atoms with Crippen molar-refractivity contribution in [1.29, 1.82) is 0 Å². The SMILES string of the molecule is CS(=O)(=O)c1ncc(Cc2cn(S(=O)(=O)c3ccccc3)c3ncc(Cl)cc23)cn1.CSc1ncc(C(O)c2cn(S(=O)(=O)c3ccccc3)c3ncc(Cl)cc23)cn1.CSc1ncc(C=O)cn1.CSc1ncc(Cc2cn(S(=O)(=O)c3ccccc3)c3ncc(Cl)cc23)cn1.O=S(=O)(C1=CC=[C+]C=C1)n1cc(I)c2cc(Cl)cnc21. The Labute approximate surface area is 717 Å². The van der Waals surface area contributed by atoms with E-state index in [0.717, 1.165) is 35.2 Å². The third kappa shape index (κ3) is 20.0. The van der Waals surface area contributed by atoms with Crippen LogP contribution >= 0.6 is 104 Å². The summed E-state index contributed by atoms with van der Waals surface area (Å²) in [6.45, 7) is 0. The molecule has 3 aromatic carbocycles. The normalized spacial score (nSPS) is 12.4. The molecular formula is C76H58Cl4IN16O12S8+. The van der Waals surface area contributed by atoms with Gasteiger partial charge in [-0.05, 0) is 124 Å². The van der Waals surface area contributed by atoms with Crippen molar-refractivity contribution in [2.75, 3.05) is 25.0 Å². The molecule has 596 valence electrons. The minimum atomic E-state index is -3.92. The van der Waals surface area contributed by atoms with Crippen molar-refractivity contribution < 1.29 is 52.0 Å². The Bertz CT molecular complexity index is 6910. The Hall–Kier alpha value is -9.81. The molecule has 0 bridgehead atoms. The Kier molecular flexibility index (Phi) is 27.7. The molecule has 0 fully saturated rings. The van der Waals surface area contributed by atoms with Crippen molar-refractivity contribution in [2.24, 2.45) is 0 Å². The molecule has 1 aliphatic carbocycles. The predicted molar refractivity (Wildman–Crippen MR) is 460 cm³/mol. The molecule has 12 aromatic heterocycles. The third-order valence-electron chi connectivity index (χ3n) is 16.7. The molecule has 12 heterocycles. The van der Waals surface area contributed by atoms with Gasteiger partial charge in [-0.25, -0.2) is 109 Å². The number of hydrogen-bond donors (Lipinski definition) is 1. The van der Waals surface area contributed by atoms with Crippen molar-refractivity contribution in [3.8, 4) is 0 Å². The number of benzene rings is 3. The van der Waals surface area contributed by atoms with Crippen molar-refractivity contribution in [2.45, 2.75) is 54.3 Å². The van der Waals surface area contributed by atoms with Gasteiger partial charge in [0.15, 0.2) is 49.2 Å².